The number of hydrogen-bond acceptors (Lipinski definition) is 6. The molecule has 1 aliphatic carbocycles. The van der Waals surface area contributed by atoms with Crippen LogP contribution in [-0.2, 0) is 27.5 Å². The van der Waals surface area contributed by atoms with Crippen molar-refractivity contribution in [2.45, 2.75) is 71.1 Å². The van der Waals surface area contributed by atoms with Crippen molar-refractivity contribution < 1.29 is 23.9 Å². The zero-order valence-electron chi connectivity index (χ0n) is 26.6. The second-order valence-electron chi connectivity index (χ2n) is 13.8. The molecule has 2 fully saturated rings. The van der Waals surface area contributed by atoms with Crippen LogP contribution in [0.3, 0.4) is 0 Å². The zero-order valence-corrected chi connectivity index (χ0v) is 27.3. The van der Waals surface area contributed by atoms with E-state index in [0.717, 1.165) is 52.7 Å². The van der Waals surface area contributed by atoms with Crippen molar-refractivity contribution >= 4 is 40.8 Å². The third-order valence-corrected chi connectivity index (χ3v) is 10.1. The number of carbonyl (C=O) groups excluding carboxylic acids is 4. The van der Waals surface area contributed by atoms with Gasteiger partial charge < -0.3 is 14.5 Å². The number of rotatable bonds is 7. The smallest absolute Gasteiger partial charge is 0.255 e. The van der Waals surface area contributed by atoms with Crippen molar-refractivity contribution in [1.82, 2.24) is 20.1 Å². The van der Waals surface area contributed by atoms with Gasteiger partial charge in [-0.25, -0.2) is 0 Å². The summed E-state index contributed by atoms with van der Waals surface area (Å²) in [4.78, 5) is 58.6. The number of likely N-dealkylation sites (tertiary alicyclic amines) is 1. The van der Waals surface area contributed by atoms with Gasteiger partial charge in [-0.15, -0.1) is 0 Å². The molecule has 3 aliphatic heterocycles. The molecule has 0 spiro atoms. The molecule has 47 heavy (non-hydrogen) atoms. The number of nitrogens with one attached hydrogen (secondary N) is 1. The normalized spacial score (nSPS) is 21.0. The first-order valence-corrected chi connectivity index (χ1v) is 16.5. The van der Waals surface area contributed by atoms with Crippen LogP contribution >= 0.6 is 11.6 Å². The first-order chi connectivity index (χ1) is 22.5. The second-order valence-corrected chi connectivity index (χ2v) is 14.3. The summed E-state index contributed by atoms with van der Waals surface area (Å²) in [6.07, 6.45) is 6.79. The van der Waals surface area contributed by atoms with E-state index in [-0.39, 0.29) is 35.5 Å². The standard InChI is InChI=1S/C37H37ClN4O5/c1-37(2)12-11-30(31(15-37)23-3-5-27(38)6-4-23)35(45)41-18-26(19-41)24-13-22(16-39-17-24)21-47-28-7-8-29-25(14-28)20-42(36(29)46)32-9-10-33(43)40-34(32)44/h3-8,13-14,16-17,26,32H,9-12,15,18-21H2,1-2H3,(H,40,43,44). The van der Waals surface area contributed by atoms with E-state index in [1.165, 1.54) is 4.90 Å². The highest BCUT2D eigenvalue weighted by Crippen LogP contribution is 2.44. The van der Waals surface area contributed by atoms with Crippen molar-refractivity contribution in [2.75, 3.05) is 13.1 Å². The van der Waals surface area contributed by atoms with Crippen LogP contribution < -0.4 is 10.1 Å². The Morgan fingerprint density at radius 1 is 1.04 bits per heavy atom. The number of fused-ring (bicyclic) bond motifs is 1. The molecule has 4 aliphatic rings. The lowest BCUT2D eigenvalue weighted by Gasteiger charge is -2.42. The predicted octanol–water partition coefficient (Wildman–Crippen LogP) is 5.66. The highest BCUT2D eigenvalue weighted by molar-refractivity contribution is 6.30. The molecule has 2 saturated heterocycles. The van der Waals surface area contributed by atoms with E-state index < -0.39 is 11.9 Å². The number of imide groups is 1. The number of ether oxygens (including phenoxy) is 1. The summed E-state index contributed by atoms with van der Waals surface area (Å²) in [6.45, 7) is 6.41. The lowest BCUT2D eigenvalue weighted by Crippen LogP contribution is -2.52. The first-order valence-electron chi connectivity index (χ1n) is 16.2. The molecule has 0 radical (unpaired) electrons. The zero-order chi connectivity index (χ0) is 32.9. The molecule has 1 atom stereocenters. The van der Waals surface area contributed by atoms with E-state index >= 15 is 0 Å². The first kappa shape index (κ1) is 31.1. The molecular formula is C37H37ClN4O5. The SMILES string of the molecule is CC1(C)CCC(C(=O)N2CC(c3cncc(COc4ccc5c(c4)CN(C4CCC(=O)NC4=O)C5=O)c3)C2)=C(c2ccc(Cl)cc2)C1. The minimum absolute atomic E-state index is 0.125. The van der Waals surface area contributed by atoms with Crippen LogP contribution in [0, 0.1) is 5.41 Å². The molecule has 1 unspecified atom stereocenters. The van der Waals surface area contributed by atoms with Gasteiger partial charge in [-0.2, -0.15) is 0 Å². The van der Waals surface area contributed by atoms with Crippen LogP contribution in [-0.4, -0.2) is 57.5 Å². The maximum Gasteiger partial charge on any atom is 0.255 e. The molecule has 4 heterocycles. The average molecular weight is 653 g/mol. The van der Waals surface area contributed by atoms with Crippen LogP contribution in [0.25, 0.3) is 5.57 Å². The number of hydrogen-bond donors (Lipinski definition) is 1. The van der Waals surface area contributed by atoms with Crippen LogP contribution in [0.5, 0.6) is 5.75 Å². The van der Waals surface area contributed by atoms with Gasteiger partial charge in [-0.1, -0.05) is 37.6 Å². The maximum absolute atomic E-state index is 13.7. The minimum Gasteiger partial charge on any atom is -0.489 e. The fraction of sp³-hybridized carbons (Fsp3) is 0.378. The monoisotopic (exact) mass is 652 g/mol. The van der Waals surface area contributed by atoms with Gasteiger partial charge in [0.1, 0.15) is 18.4 Å². The Morgan fingerprint density at radius 3 is 2.60 bits per heavy atom. The number of carbonyl (C=O) groups is 4. The van der Waals surface area contributed by atoms with Crippen LogP contribution in [0.15, 0.2) is 66.5 Å². The summed E-state index contributed by atoms with van der Waals surface area (Å²) in [5.41, 5.74) is 6.58. The van der Waals surface area contributed by atoms with Gasteiger partial charge in [-0.05, 0) is 89.8 Å². The summed E-state index contributed by atoms with van der Waals surface area (Å²) in [5, 5.41) is 3.02. The molecule has 1 aromatic heterocycles. The predicted molar refractivity (Wildman–Crippen MR) is 176 cm³/mol. The molecule has 4 amide bonds. The lowest BCUT2D eigenvalue weighted by atomic mass is 9.72. The fourth-order valence-corrected chi connectivity index (χ4v) is 7.24. The van der Waals surface area contributed by atoms with Crippen LogP contribution in [0.4, 0.5) is 0 Å². The van der Waals surface area contributed by atoms with E-state index in [2.05, 4.69) is 30.2 Å². The number of aromatic nitrogens is 1. The Balaban J connectivity index is 0.978. The highest BCUT2D eigenvalue weighted by Gasteiger charge is 2.40. The summed E-state index contributed by atoms with van der Waals surface area (Å²) < 4.78 is 6.10. The fourth-order valence-electron chi connectivity index (χ4n) is 7.11. The van der Waals surface area contributed by atoms with E-state index in [1.54, 1.807) is 18.3 Å². The van der Waals surface area contributed by atoms with E-state index in [9.17, 15) is 19.2 Å². The Bertz CT molecular complexity index is 1810. The lowest BCUT2D eigenvalue weighted by molar-refractivity contribution is -0.137. The highest BCUT2D eigenvalue weighted by atomic mass is 35.5. The number of amides is 4. The van der Waals surface area contributed by atoms with Crippen molar-refractivity contribution in [2.24, 2.45) is 5.41 Å². The molecule has 0 bridgehead atoms. The van der Waals surface area contributed by atoms with Gasteiger partial charge in [0, 0.05) is 66.1 Å². The number of halogens is 1. The molecule has 9 nitrogen and oxygen atoms in total. The van der Waals surface area contributed by atoms with E-state index in [0.29, 0.717) is 49.0 Å². The Labute approximate surface area is 278 Å². The number of benzene rings is 2. The van der Waals surface area contributed by atoms with Gasteiger partial charge in [0.25, 0.3) is 5.91 Å². The minimum atomic E-state index is -0.652. The number of pyridine rings is 1. The van der Waals surface area contributed by atoms with Gasteiger partial charge in [0.15, 0.2) is 0 Å². The second kappa shape index (κ2) is 12.3. The summed E-state index contributed by atoms with van der Waals surface area (Å²) in [7, 11) is 0. The summed E-state index contributed by atoms with van der Waals surface area (Å²) in [5.74, 6) is 0.000299. The topological polar surface area (TPSA) is 109 Å². The van der Waals surface area contributed by atoms with Crippen LogP contribution in [0.2, 0.25) is 5.02 Å². The summed E-state index contributed by atoms with van der Waals surface area (Å²) in [6, 6.07) is 14.6. The number of piperidine rings is 1. The van der Waals surface area contributed by atoms with E-state index in [1.807, 2.05) is 41.4 Å². The number of allylic oxidation sites excluding steroid dienone is 1. The molecule has 0 saturated carbocycles. The van der Waals surface area contributed by atoms with Gasteiger partial charge in [0.05, 0.1) is 0 Å². The molecule has 7 rings (SSSR count). The molecule has 10 heteroatoms. The third-order valence-electron chi connectivity index (χ3n) is 9.88. The molecule has 1 N–H and O–H groups in total. The maximum atomic E-state index is 13.7. The van der Waals surface area contributed by atoms with Gasteiger partial charge >= 0.3 is 0 Å². The van der Waals surface area contributed by atoms with Crippen LogP contribution in [0.1, 0.15) is 84.5 Å². The average Bonchev–Trinajstić information content (AvgIpc) is 3.34. The quantitative estimate of drug-likeness (QED) is 0.330. The van der Waals surface area contributed by atoms with Crippen molar-refractivity contribution in [3.63, 3.8) is 0 Å². The largest absolute Gasteiger partial charge is 0.489 e. The molecule has 3 aromatic rings. The van der Waals surface area contributed by atoms with Crippen molar-refractivity contribution in [3.05, 3.63) is 99.3 Å². The van der Waals surface area contributed by atoms with Crippen molar-refractivity contribution in [3.8, 4) is 5.75 Å². The third kappa shape index (κ3) is 6.29. The molecular weight excluding hydrogens is 616 g/mol. The van der Waals surface area contributed by atoms with Crippen molar-refractivity contribution in [1.29, 1.82) is 0 Å². The van der Waals surface area contributed by atoms with Gasteiger partial charge in [-0.3, -0.25) is 29.5 Å². The Kier molecular flexibility index (Phi) is 8.12. The Hall–Kier alpha value is -4.50. The Morgan fingerprint density at radius 2 is 1.83 bits per heavy atom. The molecule has 242 valence electrons. The summed E-state index contributed by atoms with van der Waals surface area (Å²) >= 11 is 6.15. The van der Waals surface area contributed by atoms with Gasteiger partial charge in [0.2, 0.25) is 17.7 Å². The van der Waals surface area contributed by atoms with E-state index in [4.69, 9.17) is 16.3 Å². The molecule has 2 aromatic carbocycles. The number of nitrogens with zero attached hydrogens (tertiary/aromatic N) is 3.